The van der Waals surface area contributed by atoms with Gasteiger partial charge in [0.25, 0.3) is 5.91 Å². The van der Waals surface area contributed by atoms with Crippen LogP contribution >= 0.6 is 0 Å². The molecule has 0 aromatic carbocycles. The third kappa shape index (κ3) is 2.42. The van der Waals surface area contributed by atoms with Gasteiger partial charge >= 0.3 is 6.03 Å². The zero-order valence-corrected chi connectivity index (χ0v) is 11.0. The molecule has 1 saturated heterocycles. The fourth-order valence-corrected chi connectivity index (χ4v) is 2.72. The van der Waals surface area contributed by atoms with E-state index in [1.54, 1.807) is 0 Å². The summed E-state index contributed by atoms with van der Waals surface area (Å²) < 4.78 is 0. The number of urea groups is 1. The zero-order valence-electron chi connectivity index (χ0n) is 11.0. The summed E-state index contributed by atoms with van der Waals surface area (Å²) in [6.45, 7) is 1.98. The summed E-state index contributed by atoms with van der Waals surface area (Å²) >= 11 is 0. The summed E-state index contributed by atoms with van der Waals surface area (Å²) in [7, 11) is 0. The predicted molar refractivity (Wildman–Crippen MR) is 67.8 cm³/mol. The van der Waals surface area contributed by atoms with Crippen LogP contribution < -0.4 is 16.8 Å². The van der Waals surface area contributed by atoms with Crippen molar-refractivity contribution in [3.8, 4) is 0 Å². The van der Waals surface area contributed by atoms with Crippen molar-refractivity contribution in [2.24, 2.45) is 17.4 Å². The summed E-state index contributed by atoms with van der Waals surface area (Å²) in [6, 6.07) is -1.50. The van der Waals surface area contributed by atoms with E-state index in [1.165, 1.54) is 0 Å². The van der Waals surface area contributed by atoms with Crippen LogP contribution in [-0.4, -0.2) is 40.9 Å². The number of carbonyl (C=O) groups is 3. The first-order valence-electron chi connectivity index (χ1n) is 6.55. The van der Waals surface area contributed by atoms with Gasteiger partial charge in [0.15, 0.2) is 0 Å². The number of hydrogen-bond donors (Lipinski definition) is 3. The monoisotopic (exact) mass is 268 g/mol. The van der Waals surface area contributed by atoms with E-state index >= 15 is 0 Å². The lowest BCUT2D eigenvalue weighted by Crippen LogP contribution is -2.51. The van der Waals surface area contributed by atoms with E-state index in [2.05, 4.69) is 12.2 Å². The number of nitrogens with two attached hydrogens (primary N) is 2. The van der Waals surface area contributed by atoms with Gasteiger partial charge in [0.2, 0.25) is 5.91 Å². The second-order valence-electron chi connectivity index (χ2n) is 5.62. The topological polar surface area (TPSA) is 119 Å². The van der Waals surface area contributed by atoms with Gasteiger partial charge in [-0.25, -0.2) is 4.79 Å². The first kappa shape index (κ1) is 13.8. The van der Waals surface area contributed by atoms with Crippen molar-refractivity contribution < 1.29 is 14.4 Å². The second-order valence-corrected chi connectivity index (χ2v) is 5.62. The molecule has 0 aromatic heterocycles. The number of nitrogens with one attached hydrogen (secondary N) is 1. The fourth-order valence-electron chi connectivity index (χ4n) is 2.72. The number of amides is 4. The molecule has 7 nitrogen and oxygen atoms in total. The minimum atomic E-state index is -1.02. The number of rotatable bonds is 3. The van der Waals surface area contributed by atoms with Gasteiger partial charge in [0.1, 0.15) is 11.6 Å². The van der Waals surface area contributed by atoms with Crippen molar-refractivity contribution in [1.82, 2.24) is 10.2 Å². The second kappa shape index (κ2) is 4.80. The molecule has 0 bridgehead atoms. The number of imide groups is 1. The Balaban J connectivity index is 2.10. The van der Waals surface area contributed by atoms with Crippen LogP contribution in [0.1, 0.15) is 32.6 Å². The molecule has 1 atom stereocenters. The molecule has 106 valence electrons. The molecule has 2 fully saturated rings. The van der Waals surface area contributed by atoms with Crippen LogP contribution in [0.25, 0.3) is 0 Å². The SMILES string of the molecule is CC1CCC2(CC1)NC(=O)N(CC(N)C(N)=O)C2=O. The molecule has 0 aromatic rings. The van der Waals surface area contributed by atoms with Crippen LogP contribution in [-0.2, 0) is 9.59 Å². The molecule has 1 aliphatic carbocycles. The lowest BCUT2D eigenvalue weighted by Gasteiger charge is -2.33. The maximum atomic E-state index is 12.4. The summed E-state index contributed by atoms with van der Waals surface area (Å²) in [5, 5.41) is 2.76. The van der Waals surface area contributed by atoms with E-state index in [-0.39, 0.29) is 12.5 Å². The number of hydrogen-bond acceptors (Lipinski definition) is 4. The van der Waals surface area contributed by atoms with Crippen molar-refractivity contribution >= 4 is 17.8 Å². The van der Waals surface area contributed by atoms with Crippen molar-refractivity contribution in [2.75, 3.05) is 6.54 Å². The largest absolute Gasteiger partial charge is 0.368 e. The van der Waals surface area contributed by atoms with Gasteiger partial charge in [-0.1, -0.05) is 6.92 Å². The van der Waals surface area contributed by atoms with Crippen molar-refractivity contribution in [2.45, 2.75) is 44.2 Å². The molecular formula is C12H20N4O3. The first-order chi connectivity index (χ1) is 8.85. The minimum Gasteiger partial charge on any atom is -0.368 e. The molecule has 2 rings (SSSR count). The molecule has 2 aliphatic rings. The van der Waals surface area contributed by atoms with Crippen molar-refractivity contribution in [1.29, 1.82) is 0 Å². The zero-order chi connectivity index (χ0) is 14.2. The highest BCUT2D eigenvalue weighted by atomic mass is 16.2. The smallest absolute Gasteiger partial charge is 0.325 e. The number of primary amides is 1. The van der Waals surface area contributed by atoms with Crippen molar-refractivity contribution in [3.05, 3.63) is 0 Å². The molecule has 4 amide bonds. The molecule has 19 heavy (non-hydrogen) atoms. The number of carbonyl (C=O) groups excluding carboxylic acids is 3. The van der Waals surface area contributed by atoms with Gasteiger partial charge in [-0.2, -0.15) is 0 Å². The van der Waals surface area contributed by atoms with Gasteiger partial charge in [-0.05, 0) is 31.6 Å². The van der Waals surface area contributed by atoms with E-state index in [4.69, 9.17) is 11.5 Å². The van der Waals surface area contributed by atoms with Crippen LogP contribution in [0.3, 0.4) is 0 Å². The quantitative estimate of drug-likeness (QED) is 0.586. The average molecular weight is 268 g/mol. The predicted octanol–water partition coefficient (Wildman–Crippen LogP) is -0.700. The summed E-state index contributed by atoms with van der Waals surface area (Å²) in [5.41, 5.74) is 9.78. The summed E-state index contributed by atoms with van der Waals surface area (Å²) in [6.07, 6.45) is 3.09. The van der Waals surface area contributed by atoms with Crippen molar-refractivity contribution in [3.63, 3.8) is 0 Å². The molecule has 1 heterocycles. The van der Waals surface area contributed by atoms with Gasteiger partial charge in [0.05, 0.1) is 6.54 Å². The van der Waals surface area contributed by atoms with E-state index in [0.717, 1.165) is 17.7 Å². The molecule has 1 saturated carbocycles. The Morgan fingerprint density at radius 1 is 1.47 bits per heavy atom. The highest BCUT2D eigenvalue weighted by Crippen LogP contribution is 2.36. The summed E-state index contributed by atoms with van der Waals surface area (Å²) in [5.74, 6) is -0.433. The first-order valence-corrected chi connectivity index (χ1v) is 6.55. The molecule has 1 spiro atoms. The Morgan fingerprint density at radius 3 is 2.58 bits per heavy atom. The normalized spacial score (nSPS) is 32.5. The van der Waals surface area contributed by atoms with Gasteiger partial charge < -0.3 is 16.8 Å². The molecule has 1 aliphatic heterocycles. The van der Waals surface area contributed by atoms with Crippen LogP contribution in [0, 0.1) is 5.92 Å². The van der Waals surface area contributed by atoms with E-state index < -0.39 is 23.5 Å². The average Bonchev–Trinajstić information content (AvgIpc) is 2.58. The van der Waals surface area contributed by atoms with E-state index in [0.29, 0.717) is 18.8 Å². The van der Waals surface area contributed by atoms with Gasteiger partial charge in [-0.3, -0.25) is 14.5 Å². The number of nitrogens with zero attached hydrogens (tertiary/aromatic N) is 1. The lowest BCUT2D eigenvalue weighted by molar-refractivity contribution is -0.133. The standard InChI is InChI=1S/C12H20N4O3/c1-7-2-4-12(5-3-7)10(18)16(11(19)15-12)6-8(13)9(14)17/h7-8H,2-6,13H2,1H3,(H2,14,17)(H,15,19). The van der Waals surface area contributed by atoms with Crippen LogP contribution in [0.4, 0.5) is 4.79 Å². The van der Waals surface area contributed by atoms with Crippen LogP contribution in [0.5, 0.6) is 0 Å². The summed E-state index contributed by atoms with van der Waals surface area (Å²) in [4.78, 5) is 36.2. The Morgan fingerprint density at radius 2 is 2.05 bits per heavy atom. The third-order valence-electron chi connectivity index (χ3n) is 4.12. The molecule has 1 unspecified atom stereocenters. The maximum absolute atomic E-state index is 12.4. The Kier molecular flexibility index (Phi) is 3.49. The molecular weight excluding hydrogens is 248 g/mol. The van der Waals surface area contributed by atoms with E-state index in [9.17, 15) is 14.4 Å². The van der Waals surface area contributed by atoms with Gasteiger partial charge in [-0.15, -0.1) is 0 Å². The molecule has 7 heteroatoms. The third-order valence-corrected chi connectivity index (χ3v) is 4.12. The van der Waals surface area contributed by atoms with Crippen LogP contribution in [0.15, 0.2) is 0 Å². The lowest BCUT2D eigenvalue weighted by atomic mass is 9.77. The van der Waals surface area contributed by atoms with Gasteiger partial charge in [0, 0.05) is 0 Å². The highest BCUT2D eigenvalue weighted by molar-refractivity contribution is 6.07. The van der Waals surface area contributed by atoms with Crippen LogP contribution in [0.2, 0.25) is 0 Å². The van der Waals surface area contributed by atoms with E-state index in [1.807, 2.05) is 0 Å². The Hall–Kier alpha value is -1.63. The highest BCUT2D eigenvalue weighted by Gasteiger charge is 2.52. The Bertz CT molecular complexity index is 415. The molecule has 5 N–H and O–H groups in total. The minimum absolute atomic E-state index is 0.155. The Labute approximate surface area is 111 Å². The maximum Gasteiger partial charge on any atom is 0.325 e. The fraction of sp³-hybridized carbons (Fsp3) is 0.750. The molecule has 0 radical (unpaired) electrons.